The van der Waals surface area contributed by atoms with Gasteiger partial charge in [-0.25, -0.2) is 4.98 Å². The van der Waals surface area contributed by atoms with Crippen LogP contribution in [0.3, 0.4) is 0 Å². The second kappa shape index (κ2) is 11.5. The second-order valence-corrected chi connectivity index (χ2v) is 8.52. The van der Waals surface area contributed by atoms with E-state index in [0.29, 0.717) is 28.4 Å². The van der Waals surface area contributed by atoms with Crippen molar-refractivity contribution in [2.24, 2.45) is 0 Å². The molecule has 1 aromatic heterocycles. The maximum Gasteiger partial charge on any atom is 0.416 e. The van der Waals surface area contributed by atoms with E-state index in [-0.39, 0.29) is 17.1 Å². The molecule has 0 bridgehead atoms. The number of aromatic nitrogens is 1. The number of nitriles is 1. The standard InChI is InChI=1S/C25H22F3N3O2S/c1-2-3-10-33-21-9-5-7-17(13-21)11-19(15-29)23(32)31-24-30-16-22(34-24)14-18-6-4-8-20(12-18)25(26,27)28/h4-9,11-13,16H,2-3,10,14H2,1H3,(H,30,31,32). The summed E-state index contributed by atoms with van der Waals surface area (Å²) < 4.78 is 44.4. The number of benzene rings is 2. The highest BCUT2D eigenvalue weighted by molar-refractivity contribution is 7.15. The van der Waals surface area contributed by atoms with E-state index < -0.39 is 17.6 Å². The van der Waals surface area contributed by atoms with E-state index in [1.54, 1.807) is 30.3 Å². The third-order valence-corrected chi connectivity index (χ3v) is 5.62. The first-order valence-electron chi connectivity index (χ1n) is 10.6. The monoisotopic (exact) mass is 485 g/mol. The molecule has 34 heavy (non-hydrogen) atoms. The van der Waals surface area contributed by atoms with Crippen molar-refractivity contribution in [3.05, 3.63) is 81.9 Å². The average Bonchev–Trinajstić information content (AvgIpc) is 3.24. The predicted octanol–water partition coefficient (Wildman–Crippen LogP) is 6.48. The van der Waals surface area contributed by atoms with Gasteiger partial charge in [0.25, 0.3) is 5.91 Å². The minimum atomic E-state index is -4.41. The fourth-order valence-electron chi connectivity index (χ4n) is 3.01. The zero-order valence-electron chi connectivity index (χ0n) is 18.4. The topological polar surface area (TPSA) is 75.0 Å². The van der Waals surface area contributed by atoms with E-state index in [1.165, 1.54) is 18.3 Å². The van der Waals surface area contributed by atoms with Gasteiger partial charge in [0.15, 0.2) is 5.13 Å². The van der Waals surface area contributed by atoms with Crippen LogP contribution < -0.4 is 10.1 Å². The number of anilines is 1. The molecule has 0 aliphatic heterocycles. The summed E-state index contributed by atoms with van der Waals surface area (Å²) in [4.78, 5) is 17.4. The van der Waals surface area contributed by atoms with E-state index in [9.17, 15) is 23.2 Å². The van der Waals surface area contributed by atoms with E-state index in [4.69, 9.17) is 4.74 Å². The van der Waals surface area contributed by atoms with Crippen LogP contribution in [0.1, 0.15) is 41.3 Å². The van der Waals surface area contributed by atoms with Gasteiger partial charge in [-0.1, -0.05) is 43.7 Å². The fraction of sp³-hybridized carbons (Fsp3) is 0.240. The van der Waals surface area contributed by atoms with Gasteiger partial charge in [-0.3, -0.25) is 10.1 Å². The highest BCUT2D eigenvalue weighted by Crippen LogP contribution is 2.30. The van der Waals surface area contributed by atoms with Gasteiger partial charge < -0.3 is 4.74 Å². The number of rotatable bonds is 9. The lowest BCUT2D eigenvalue weighted by atomic mass is 10.1. The van der Waals surface area contributed by atoms with E-state index in [1.807, 2.05) is 6.07 Å². The molecule has 0 saturated carbocycles. The summed E-state index contributed by atoms with van der Waals surface area (Å²) >= 11 is 1.14. The summed E-state index contributed by atoms with van der Waals surface area (Å²) in [5, 5.41) is 12.3. The first-order valence-corrected chi connectivity index (χ1v) is 11.4. The minimum Gasteiger partial charge on any atom is -0.494 e. The third kappa shape index (κ3) is 7.18. The molecule has 1 heterocycles. The summed E-state index contributed by atoms with van der Waals surface area (Å²) in [5.41, 5.74) is 0.298. The molecular weight excluding hydrogens is 463 g/mol. The molecule has 0 atom stereocenters. The van der Waals surface area contributed by atoms with Crippen LogP contribution in [-0.2, 0) is 17.4 Å². The molecule has 2 aromatic carbocycles. The number of ether oxygens (including phenoxy) is 1. The highest BCUT2D eigenvalue weighted by Gasteiger charge is 2.30. The van der Waals surface area contributed by atoms with Crippen LogP contribution in [0.4, 0.5) is 18.3 Å². The zero-order valence-corrected chi connectivity index (χ0v) is 19.2. The molecule has 0 radical (unpaired) electrons. The van der Waals surface area contributed by atoms with Gasteiger partial charge >= 0.3 is 6.18 Å². The van der Waals surface area contributed by atoms with Gasteiger partial charge in [-0.05, 0) is 41.8 Å². The highest BCUT2D eigenvalue weighted by atomic mass is 32.1. The lowest BCUT2D eigenvalue weighted by Gasteiger charge is -2.07. The summed E-state index contributed by atoms with van der Waals surface area (Å²) in [7, 11) is 0. The van der Waals surface area contributed by atoms with Crippen LogP contribution >= 0.6 is 11.3 Å². The van der Waals surface area contributed by atoms with E-state index in [0.717, 1.165) is 36.3 Å². The Balaban J connectivity index is 1.66. The SMILES string of the molecule is CCCCOc1cccc(C=C(C#N)C(=O)Nc2ncc(Cc3cccc(C(F)(F)F)c3)s2)c1. The molecule has 1 amide bonds. The Kier molecular flexibility index (Phi) is 8.44. The maximum absolute atomic E-state index is 12.9. The van der Waals surface area contributed by atoms with Crippen molar-refractivity contribution in [2.75, 3.05) is 11.9 Å². The number of alkyl halides is 3. The van der Waals surface area contributed by atoms with Gasteiger partial charge in [0.05, 0.1) is 12.2 Å². The van der Waals surface area contributed by atoms with Gasteiger partial charge in [0.2, 0.25) is 0 Å². The average molecular weight is 486 g/mol. The molecule has 3 aromatic rings. The number of thiazole rings is 1. The molecule has 0 unspecified atom stereocenters. The molecule has 0 fully saturated rings. The summed E-state index contributed by atoms with van der Waals surface area (Å²) in [5.74, 6) is 0.0267. The molecule has 1 N–H and O–H groups in total. The van der Waals surface area contributed by atoms with Crippen molar-refractivity contribution < 1.29 is 22.7 Å². The lowest BCUT2D eigenvalue weighted by molar-refractivity contribution is -0.137. The lowest BCUT2D eigenvalue weighted by Crippen LogP contribution is -2.13. The molecule has 9 heteroatoms. The van der Waals surface area contributed by atoms with Crippen LogP contribution in [0.25, 0.3) is 6.08 Å². The Morgan fingerprint density at radius 3 is 2.76 bits per heavy atom. The molecule has 0 spiro atoms. The molecule has 5 nitrogen and oxygen atoms in total. The van der Waals surface area contributed by atoms with Gasteiger partial charge in [-0.2, -0.15) is 18.4 Å². The quantitative estimate of drug-likeness (QED) is 0.214. The molecular formula is C25H22F3N3O2S. The van der Waals surface area contributed by atoms with Crippen molar-refractivity contribution in [1.82, 2.24) is 4.98 Å². The number of hydrogen-bond donors (Lipinski definition) is 1. The van der Waals surface area contributed by atoms with Crippen LogP contribution in [0, 0.1) is 11.3 Å². The number of nitrogens with one attached hydrogen (secondary N) is 1. The van der Waals surface area contributed by atoms with Crippen molar-refractivity contribution in [3.63, 3.8) is 0 Å². The minimum absolute atomic E-state index is 0.111. The van der Waals surface area contributed by atoms with Crippen molar-refractivity contribution in [2.45, 2.75) is 32.4 Å². The summed E-state index contributed by atoms with van der Waals surface area (Å²) in [6, 6.07) is 14.0. The number of unbranched alkanes of at least 4 members (excludes halogenated alkanes) is 1. The van der Waals surface area contributed by atoms with Gasteiger partial charge in [0.1, 0.15) is 17.4 Å². The van der Waals surface area contributed by atoms with Crippen LogP contribution in [0.5, 0.6) is 5.75 Å². The first kappa shape index (κ1) is 25.0. The predicted molar refractivity (Wildman–Crippen MR) is 125 cm³/mol. The van der Waals surface area contributed by atoms with Gasteiger partial charge in [-0.15, -0.1) is 11.3 Å². The largest absolute Gasteiger partial charge is 0.494 e. The van der Waals surface area contributed by atoms with Crippen LogP contribution in [0.2, 0.25) is 0 Å². The molecule has 176 valence electrons. The molecule has 0 saturated heterocycles. The number of amides is 1. The van der Waals surface area contributed by atoms with Crippen molar-refractivity contribution in [1.29, 1.82) is 5.26 Å². The van der Waals surface area contributed by atoms with E-state index in [2.05, 4.69) is 17.2 Å². The van der Waals surface area contributed by atoms with Crippen LogP contribution in [-0.4, -0.2) is 17.5 Å². The Morgan fingerprint density at radius 2 is 2.03 bits per heavy atom. The fourth-order valence-corrected chi connectivity index (χ4v) is 3.86. The summed E-state index contributed by atoms with van der Waals surface area (Å²) in [6.45, 7) is 2.65. The first-order chi connectivity index (χ1) is 16.3. The summed E-state index contributed by atoms with van der Waals surface area (Å²) in [6.07, 6.45) is 0.714. The second-order valence-electron chi connectivity index (χ2n) is 7.41. The zero-order chi connectivity index (χ0) is 24.6. The maximum atomic E-state index is 12.9. The van der Waals surface area contributed by atoms with Crippen molar-refractivity contribution >= 4 is 28.5 Å². The normalized spacial score (nSPS) is 11.7. The number of carbonyl (C=O) groups is 1. The van der Waals surface area contributed by atoms with Crippen LogP contribution in [0.15, 0.2) is 60.3 Å². The van der Waals surface area contributed by atoms with E-state index >= 15 is 0 Å². The Bertz CT molecular complexity index is 1210. The molecule has 0 aliphatic rings. The molecule has 3 rings (SSSR count). The number of hydrogen-bond acceptors (Lipinski definition) is 5. The third-order valence-electron chi connectivity index (χ3n) is 4.71. The Morgan fingerprint density at radius 1 is 1.24 bits per heavy atom. The molecule has 0 aliphatic carbocycles. The number of halogens is 3. The van der Waals surface area contributed by atoms with Crippen molar-refractivity contribution in [3.8, 4) is 11.8 Å². The smallest absolute Gasteiger partial charge is 0.416 e. The number of nitrogens with zero attached hydrogens (tertiary/aromatic N) is 2. The van der Waals surface area contributed by atoms with Gasteiger partial charge in [0, 0.05) is 17.5 Å². The Labute approximate surface area is 199 Å². The number of carbonyl (C=O) groups excluding carboxylic acids is 1. The Hall–Kier alpha value is -3.64.